The Morgan fingerprint density at radius 1 is 0.889 bits per heavy atom. The molecule has 4 nitrogen and oxygen atoms in total. The number of carbonyl (C=O) groups excluding carboxylic acids is 2. The predicted octanol–water partition coefficient (Wildman–Crippen LogP) is 3.65. The fourth-order valence-corrected chi connectivity index (χ4v) is 4.75. The van der Waals surface area contributed by atoms with Gasteiger partial charge in [-0.05, 0) is 50.5 Å². The van der Waals surface area contributed by atoms with Gasteiger partial charge < -0.3 is 9.80 Å². The molecule has 0 bridgehead atoms. The second-order valence-electron chi connectivity index (χ2n) is 8.58. The first-order valence-corrected chi connectivity index (χ1v) is 10.9. The number of hydrogen-bond acceptors (Lipinski definition) is 2. The van der Waals surface area contributed by atoms with Crippen LogP contribution in [-0.2, 0) is 16.0 Å². The SMILES string of the molecule is O=C(C1CC1)N1CCC(C(=O)N(CCc2ccccc2)C2CCCC2)CC1. The lowest BCUT2D eigenvalue weighted by atomic mass is 9.93. The van der Waals surface area contributed by atoms with E-state index in [1.807, 2.05) is 11.0 Å². The van der Waals surface area contributed by atoms with Crippen LogP contribution in [0.5, 0.6) is 0 Å². The summed E-state index contributed by atoms with van der Waals surface area (Å²) in [6, 6.07) is 10.9. The Bertz CT molecular complexity index is 642. The van der Waals surface area contributed by atoms with Gasteiger partial charge in [0.2, 0.25) is 11.8 Å². The minimum Gasteiger partial charge on any atom is -0.342 e. The molecule has 0 unspecified atom stereocenters. The minimum atomic E-state index is 0.102. The van der Waals surface area contributed by atoms with Gasteiger partial charge in [0.05, 0.1) is 0 Å². The Morgan fingerprint density at radius 3 is 2.19 bits per heavy atom. The summed E-state index contributed by atoms with van der Waals surface area (Å²) in [5, 5.41) is 0. The number of piperidine rings is 1. The van der Waals surface area contributed by atoms with Gasteiger partial charge in [0.1, 0.15) is 0 Å². The highest BCUT2D eigenvalue weighted by molar-refractivity contribution is 5.82. The van der Waals surface area contributed by atoms with E-state index in [2.05, 4.69) is 29.2 Å². The number of amides is 2. The smallest absolute Gasteiger partial charge is 0.226 e. The maximum atomic E-state index is 13.4. The molecule has 1 aromatic carbocycles. The van der Waals surface area contributed by atoms with Crippen molar-refractivity contribution in [3.63, 3.8) is 0 Å². The van der Waals surface area contributed by atoms with Crippen LogP contribution in [0.3, 0.4) is 0 Å². The minimum absolute atomic E-state index is 0.102. The van der Waals surface area contributed by atoms with Gasteiger partial charge in [0, 0.05) is 37.5 Å². The number of likely N-dealkylation sites (tertiary alicyclic amines) is 1. The van der Waals surface area contributed by atoms with Crippen LogP contribution in [-0.4, -0.2) is 47.3 Å². The monoisotopic (exact) mass is 368 g/mol. The summed E-state index contributed by atoms with van der Waals surface area (Å²) in [7, 11) is 0. The summed E-state index contributed by atoms with van der Waals surface area (Å²) in [6.07, 6.45) is 9.53. The van der Waals surface area contributed by atoms with Crippen LogP contribution in [0.15, 0.2) is 30.3 Å². The van der Waals surface area contributed by atoms with Gasteiger partial charge in [0.15, 0.2) is 0 Å². The first kappa shape index (κ1) is 18.5. The molecule has 0 N–H and O–H groups in total. The molecule has 27 heavy (non-hydrogen) atoms. The van der Waals surface area contributed by atoms with E-state index in [0.717, 1.165) is 64.6 Å². The number of carbonyl (C=O) groups is 2. The number of benzene rings is 1. The molecule has 2 amide bonds. The summed E-state index contributed by atoms with van der Waals surface area (Å²) >= 11 is 0. The zero-order valence-electron chi connectivity index (χ0n) is 16.3. The van der Waals surface area contributed by atoms with Crippen LogP contribution in [0, 0.1) is 11.8 Å². The van der Waals surface area contributed by atoms with Crippen molar-refractivity contribution >= 4 is 11.8 Å². The first-order valence-electron chi connectivity index (χ1n) is 10.9. The fraction of sp³-hybridized carbons (Fsp3) is 0.652. The lowest BCUT2D eigenvalue weighted by Gasteiger charge is -2.37. The maximum absolute atomic E-state index is 13.4. The van der Waals surface area contributed by atoms with Gasteiger partial charge in [-0.1, -0.05) is 43.2 Å². The van der Waals surface area contributed by atoms with Crippen molar-refractivity contribution in [2.75, 3.05) is 19.6 Å². The highest BCUT2D eigenvalue weighted by Gasteiger charge is 2.37. The van der Waals surface area contributed by atoms with E-state index in [9.17, 15) is 9.59 Å². The summed E-state index contributed by atoms with van der Waals surface area (Å²) < 4.78 is 0. The molecule has 4 heteroatoms. The van der Waals surface area contributed by atoms with E-state index in [1.165, 1.54) is 18.4 Å². The van der Waals surface area contributed by atoms with Crippen LogP contribution < -0.4 is 0 Å². The number of nitrogens with zero attached hydrogens (tertiary/aromatic N) is 2. The zero-order chi connectivity index (χ0) is 18.6. The average molecular weight is 369 g/mol. The molecule has 0 radical (unpaired) electrons. The fourth-order valence-electron chi connectivity index (χ4n) is 4.75. The summed E-state index contributed by atoms with van der Waals surface area (Å²) in [5.74, 6) is 1.07. The Morgan fingerprint density at radius 2 is 1.56 bits per heavy atom. The van der Waals surface area contributed by atoms with Gasteiger partial charge in [-0.25, -0.2) is 0 Å². The zero-order valence-corrected chi connectivity index (χ0v) is 16.3. The van der Waals surface area contributed by atoms with E-state index >= 15 is 0 Å². The lowest BCUT2D eigenvalue weighted by Crippen LogP contribution is -2.48. The van der Waals surface area contributed by atoms with E-state index in [4.69, 9.17) is 0 Å². The van der Waals surface area contributed by atoms with Gasteiger partial charge >= 0.3 is 0 Å². The first-order chi connectivity index (χ1) is 13.2. The molecule has 3 aliphatic rings. The third kappa shape index (κ3) is 4.53. The molecule has 0 aromatic heterocycles. The molecule has 146 valence electrons. The molecule has 3 fully saturated rings. The van der Waals surface area contributed by atoms with Crippen LogP contribution >= 0.6 is 0 Å². The molecule has 1 saturated heterocycles. The second-order valence-corrected chi connectivity index (χ2v) is 8.58. The highest BCUT2D eigenvalue weighted by atomic mass is 16.2. The normalized spacial score (nSPS) is 21.4. The highest BCUT2D eigenvalue weighted by Crippen LogP contribution is 2.33. The van der Waals surface area contributed by atoms with Crippen molar-refractivity contribution in [1.82, 2.24) is 9.80 Å². The predicted molar refractivity (Wildman–Crippen MR) is 106 cm³/mol. The van der Waals surface area contributed by atoms with Crippen LogP contribution in [0.1, 0.15) is 56.9 Å². The van der Waals surface area contributed by atoms with Gasteiger partial charge in [0.25, 0.3) is 0 Å². The van der Waals surface area contributed by atoms with Crippen molar-refractivity contribution in [1.29, 1.82) is 0 Å². The van der Waals surface area contributed by atoms with Crippen LogP contribution in [0.2, 0.25) is 0 Å². The van der Waals surface area contributed by atoms with E-state index in [-0.39, 0.29) is 11.8 Å². The molecule has 1 aromatic rings. The van der Waals surface area contributed by atoms with Crippen molar-refractivity contribution in [3.05, 3.63) is 35.9 Å². The van der Waals surface area contributed by atoms with Crippen LogP contribution in [0.4, 0.5) is 0 Å². The topological polar surface area (TPSA) is 40.6 Å². The van der Waals surface area contributed by atoms with Gasteiger partial charge in [-0.3, -0.25) is 9.59 Å². The Kier molecular flexibility index (Phi) is 5.80. The van der Waals surface area contributed by atoms with E-state index in [1.54, 1.807) is 0 Å². The van der Waals surface area contributed by atoms with Crippen molar-refractivity contribution in [3.8, 4) is 0 Å². The molecule has 2 saturated carbocycles. The molecule has 0 spiro atoms. The molecule has 4 rings (SSSR count). The largest absolute Gasteiger partial charge is 0.342 e. The van der Waals surface area contributed by atoms with Crippen molar-refractivity contribution < 1.29 is 9.59 Å². The molecule has 2 aliphatic carbocycles. The molecular weight excluding hydrogens is 336 g/mol. The molecule has 1 aliphatic heterocycles. The Balaban J connectivity index is 1.36. The Labute approximate surface area is 162 Å². The number of rotatable bonds is 6. The van der Waals surface area contributed by atoms with Gasteiger partial charge in [-0.15, -0.1) is 0 Å². The van der Waals surface area contributed by atoms with Crippen molar-refractivity contribution in [2.24, 2.45) is 11.8 Å². The van der Waals surface area contributed by atoms with Crippen molar-refractivity contribution in [2.45, 2.75) is 63.8 Å². The summed E-state index contributed by atoms with van der Waals surface area (Å²) in [4.78, 5) is 29.8. The summed E-state index contributed by atoms with van der Waals surface area (Å²) in [6.45, 7) is 2.36. The van der Waals surface area contributed by atoms with Crippen LogP contribution in [0.25, 0.3) is 0 Å². The van der Waals surface area contributed by atoms with E-state index < -0.39 is 0 Å². The average Bonchev–Trinajstić information content (AvgIpc) is 3.43. The van der Waals surface area contributed by atoms with E-state index in [0.29, 0.717) is 17.9 Å². The maximum Gasteiger partial charge on any atom is 0.226 e. The number of hydrogen-bond donors (Lipinski definition) is 0. The molecular formula is C23H32N2O2. The Hall–Kier alpha value is -1.84. The third-order valence-electron chi connectivity index (χ3n) is 6.62. The second kappa shape index (κ2) is 8.45. The molecule has 0 atom stereocenters. The third-order valence-corrected chi connectivity index (χ3v) is 6.62. The molecule has 1 heterocycles. The standard InChI is InChI=1S/C23H32N2O2/c26-22(19-10-11-19)24-15-13-20(14-16-24)23(27)25(21-8-4-5-9-21)17-12-18-6-2-1-3-7-18/h1-3,6-7,19-21H,4-5,8-17H2. The quantitative estimate of drug-likeness (QED) is 0.769. The summed E-state index contributed by atoms with van der Waals surface area (Å²) in [5.41, 5.74) is 1.30. The van der Waals surface area contributed by atoms with Gasteiger partial charge in [-0.2, -0.15) is 0 Å². The lowest BCUT2D eigenvalue weighted by molar-refractivity contribution is -0.142.